The van der Waals surface area contributed by atoms with Gasteiger partial charge in [-0.2, -0.15) is 8.42 Å². The van der Waals surface area contributed by atoms with Gasteiger partial charge in [0.15, 0.2) is 10.6 Å². The monoisotopic (exact) mass is 500 g/mol. The van der Waals surface area contributed by atoms with Gasteiger partial charge in [0.05, 0.1) is 14.6 Å². The molecule has 1 aromatic heterocycles. The molecule has 2 aromatic rings. The number of hydrogen-bond donors (Lipinski definition) is 1. The maximum absolute atomic E-state index is 13.2. The van der Waals surface area contributed by atoms with E-state index in [4.69, 9.17) is 10.8 Å². The van der Waals surface area contributed by atoms with Crippen LogP contribution in [0.15, 0.2) is 41.4 Å². The molecular weight excluding hydrogens is 466 g/mol. The van der Waals surface area contributed by atoms with Crippen molar-refractivity contribution in [3.8, 4) is 5.75 Å². The van der Waals surface area contributed by atoms with Crippen molar-refractivity contribution in [3.05, 3.63) is 47.5 Å². The van der Waals surface area contributed by atoms with Crippen LogP contribution in [0.3, 0.4) is 0 Å². The molecule has 2 aliphatic carbocycles. The Hall–Kier alpha value is -2.65. The third-order valence-electron chi connectivity index (χ3n) is 7.06. The standard InChI is InChI=1S/C26H33N3O5S/c1-19-10-11-21(20-6-3-2-4-7-20)22(18-19)34-26(12-13-26)25(30)28-35(31,32)24-9-5-8-23(27-24)29-14-16-33-17-15-29/h5,8-11,18,20H,2-4,6-7,12-17H2,1H3,(H,28,30)/i16D. The number of amides is 1. The third kappa shape index (κ3) is 5.30. The first kappa shape index (κ1) is 22.8. The highest BCUT2D eigenvalue weighted by molar-refractivity contribution is 7.90. The molecule has 1 N–H and O–H groups in total. The van der Waals surface area contributed by atoms with E-state index in [0.717, 1.165) is 24.0 Å². The van der Waals surface area contributed by atoms with Gasteiger partial charge in [0, 0.05) is 25.9 Å². The van der Waals surface area contributed by atoms with Crippen LogP contribution in [0, 0.1) is 6.92 Å². The van der Waals surface area contributed by atoms with Gasteiger partial charge in [0.2, 0.25) is 0 Å². The lowest BCUT2D eigenvalue weighted by molar-refractivity contribution is -0.128. The number of pyridine rings is 1. The molecule has 188 valence electrons. The minimum atomic E-state index is -4.20. The molecule has 3 aliphatic rings. The molecule has 0 spiro atoms. The highest BCUT2D eigenvalue weighted by atomic mass is 32.2. The Morgan fingerprint density at radius 2 is 2.00 bits per heavy atom. The topological polar surface area (TPSA) is 97.8 Å². The molecule has 9 heteroatoms. The summed E-state index contributed by atoms with van der Waals surface area (Å²) in [6.07, 6.45) is 6.71. The van der Waals surface area contributed by atoms with Crippen molar-refractivity contribution >= 4 is 21.7 Å². The molecule has 1 atom stereocenters. The van der Waals surface area contributed by atoms with Crippen LogP contribution in [0.25, 0.3) is 0 Å². The van der Waals surface area contributed by atoms with Crippen molar-refractivity contribution in [3.63, 3.8) is 0 Å². The summed E-state index contributed by atoms with van der Waals surface area (Å²) < 4.78 is 47.8. The van der Waals surface area contributed by atoms with Crippen LogP contribution in [0.2, 0.25) is 0 Å². The van der Waals surface area contributed by atoms with E-state index in [9.17, 15) is 13.2 Å². The third-order valence-corrected chi connectivity index (χ3v) is 8.30. The Bertz CT molecular complexity index is 1230. The summed E-state index contributed by atoms with van der Waals surface area (Å²) in [5, 5.41) is -0.240. The first-order valence-electron chi connectivity index (χ1n) is 13.0. The van der Waals surface area contributed by atoms with Gasteiger partial charge in [-0.05, 0) is 55.0 Å². The highest BCUT2D eigenvalue weighted by Crippen LogP contribution is 2.45. The Kier molecular flexibility index (Phi) is 6.37. The van der Waals surface area contributed by atoms with Crippen molar-refractivity contribution in [2.24, 2.45) is 0 Å². The van der Waals surface area contributed by atoms with Crippen LogP contribution in [0.1, 0.15) is 63.4 Å². The molecule has 1 aromatic carbocycles. The van der Waals surface area contributed by atoms with Crippen LogP contribution in [-0.2, 0) is 19.6 Å². The Labute approximate surface area is 208 Å². The second kappa shape index (κ2) is 9.78. The van der Waals surface area contributed by atoms with Crippen molar-refractivity contribution in [2.75, 3.05) is 31.2 Å². The number of benzene rings is 1. The Balaban J connectivity index is 1.32. The molecule has 3 fully saturated rings. The summed E-state index contributed by atoms with van der Waals surface area (Å²) in [6.45, 7) is 2.44. The quantitative estimate of drug-likeness (QED) is 0.619. The van der Waals surface area contributed by atoms with Gasteiger partial charge in [-0.3, -0.25) is 4.79 Å². The zero-order chi connectivity index (χ0) is 25.3. The number of carbonyl (C=O) groups excluding carboxylic acids is 1. The number of carbonyl (C=O) groups is 1. The molecule has 2 saturated carbocycles. The molecule has 1 amide bonds. The lowest BCUT2D eigenvalue weighted by Crippen LogP contribution is -2.44. The second-order valence-electron chi connectivity index (χ2n) is 9.72. The van der Waals surface area contributed by atoms with Crippen molar-refractivity contribution in [1.29, 1.82) is 0 Å². The number of sulfonamides is 1. The zero-order valence-corrected chi connectivity index (χ0v) is 20.9. The molecule has 5 rings (SSSR count). The van der Waals surface area contributed by atoms with E-state index in [-0.39, 0.29) is 5.03 Å². The summed E-state index contributed by atoms with van der Waals surface area (Å²) in [5.41, 5.74) is 0.951. The number of aromatic nitrogens is 1. The summed E-state index contributed by atoms with van der Waals surface area (Å²) in [7, 11) is -4.20. The molecule has 0 radical (unpaired) electrons. The van der Waals surface area contributed by atoms with E-state index in [1.807, 2.05) is 13.0 Å². The molecular formula is C26H33N3O5S. The molecule has 35 heavy (non-hydrogen) atoms. The summed E-state index contributed by atoms with van der Waals surface area (Å²) >= 11 is 0. The van der Waals surface area contributed by atoms with Crippen molar-refractivity contribution in [2.45, 2.75) is 68.4 Å². The summed E-state index contributed by atoms with van der Waals surface area (Å²) in [5.74, 6) is 0.847. The van der Waals surface area contributed by atoms with E-state index in [2.05, 4.69) is 21.8 Å². The number of nitrogens with one attached hydrogen (secondary N) is 1. The molecule has 1 unspecified atom stereocenters. The Morgan fingerprint density at radius 1 is 1.20 bits per heavy atom. The minimum absolute atomic E-state index is 0.240. The largest absolute Gasteiger partial charge is 0.477 e. The number of nitrogens with zero attached hydrogens (tertiary/aromatic N) is 2. The normalized spacial score (nSPS) is 22.8. The lowest BCUT2D eigenvalue weighted by atomic mass is 9.83. The number of ether oxygens (including phenoxy) is 2. The van der Waals surface area contributed by atoms with Crippen LogP contribution in [0.5, 0.6) is 5.75 Å². The van der Waals surface area contributed by atoms with Gasteiger partial charge in [-0.25, -0.2) is 9.71 Å². The molecule has 1 saturated heterocycles. The van der Waals surface area contributed by atoms with E-state index in [1.165, 1.54) is 25.3 Å². The van der Waals surface area contributed by atoms with Gasteiger partial charge >= 0.3 is 0 Å². The van der Waals surface area contributed by atoms with Crippen molar-refractivity contribution < 1.29 is 24.1 Å². The van der Waals surface area contributed by atoms with Gasteiger partial charge in [-0.1, -0.05) is 37.5 Å². The van der Waals surface area contributed by atoms with Gasteiger partial charge in [0.1, 0.15) is 11.6 Å². The maximum atomic E-state index is 13.2. The van der Waals surface area contributed by atoms with E-state index in [0.29, 0.717) is 50.0 Å². The zero-order valence-electron chi connectivity index (χ0n) is 21.0. The molecule has 1 aliphatic heterocycles. The fraction of sp³-hybridized carbons (Fsp3) is 0.538. The van der Waals surface area contributed by atoms with Crippen LogP contribution in [-0.4, -0.2) is 51.2 Å². The fourth-order valence-electron chi connectivity index (χ4n) is 4.87. The summed E-state index contributed by atoms with van der Waals surface area (Å²) in [6, 6.07) is 10.8. The number of aryl methyl sites for hydroxylation is 1. The van der Waals surface area contributed by atoms with Gasteiger partial charge in [-0.15, -0.1) is 0 Å². The fourth-order valence-corrected chi connectivity index (χ4v) is 5.87. The van der Waals surface area contributed by atoms with Crippen LogP contribution in [0.4, 0.5) is 5.82 Å². The predicted octanol–water partition coefficient (Wildman–Crippen LogP) is 3.69. The van der Waals surface area contributed by atoms with E-state index >= 15 is 0 Å². The van der Waals surface area contributed by atoms with Crippen LogP contribution >= 0.6 is 0 Å². The number of anilines is 1. The predicted molar refractivity (Wildman–Crippen MR) is 132 cm³/mol. The molecule has 2 heterocycles. The second-order valence-corrected chi connectivity index (χ2v) is 11.4. The van der Waals surface area contributed by atoms with Gasteiger partial charge < -0.3 is 14.4 Å². The molecule has 8 nitrogen and oxygen atoms in total. The van der Waals surface area contributed by atoms with Crippen molar-refractivity contribution in [1.82, 2.24) is 9.71 Å². The van der Waals surface area contributed by atoms with Gasteiger partial charge in [0.25, 0.3) is 15.9 Å². The first-order chi connectivity index (χ1) is 17.3. The lowest BCUT2D eigenvalue weighted by Gasteiger charge is -2.28. The number of morpholine rings is 1. The smallest absolute Gasteiger partial charge is 0.281 e. The SMILES string of the molecule is [2H]C1CN(c2cccc(S(=O)(=O)NC(=O)C3(Oc4cc(C)ccc4C4CCCCC4)CC3)n2)CCO1. The molecule has 0 bridgehead atoms. The minimum Gasteiger partial charge on any atom is -0.477 e. The van der Waals surface area contributed by atoms with E-state index in [1.54, 1.807) is 17.0 Å². The maximum Gasteiger partial charge on any atom is 0.281 e. The van der Waals surface area contributed by atoms with Crippen LogP contribution < -0.4 is 14.4 Å². The number of rotatable bonds is 7. The number of hydrogen-bond acceptors (Lipinski definition) is 7. The first-order valence-corrected chi connectivity index (χ1v) is 13.9. The average molecular weight is 501 g/mol. The average Bonchev–Trinajstić information content (AvgIpc) is 3.65. The van der Waals surface area contributed by atoms with E-state index < -0.39 is 28.1 Å². The summed E-state index contributed by atoms with van der Waals surface area (Å²) in [4.78, 5) is 19.3. The highest BCUT2D eigenvalue weighted by Gasteiger charge is 2.54. The Morgan fingerprint density at radius 3 is 2.74 bits per heavy atom.